The summed E-state index contributed by atoms with van der Waals surface area (Å²) in [5.74, 6) is -4.67. The smallest absolute Gasteiger partial charge is 0.300 e. The maximum atomic E-state index is 14.9. The Morgan fingerprint density at radius 2 is 1.69 bits per heavy atom. The molecule has 0 radical (unpaired) electrons. The second-order valence-electron chi connectivity index (χ2n) is 7.03. The third-order valence-electron chi connectivity index (χ3n) is 4.43. The van der Waals surface area contributed by atoms with Gasteiger partial charge in [-0.3, -0.25) is 19.8 Å². The molecule has 0 bridgehead atoms. The number of ether oxygens (including phenoxy) is 2. The average molecular weight is 494 g/mol. The SMILES string of the molecule is CC(=O)O.COCCNC(=O)c1ccc(F)c(C(OC)C(=O)NCc2ccc(C(=N)N)cc2)c1F. The van der Waals surface area contributed by atoms with Crippen LogP contribution in [0, 0.1) is 17.0 Å². The van der Waals surface area contributed by atoms with Crippen LogP contribution in [0.5, 0.6) is 0 Å². The lowest BCUT2D eigenvalue weighted by Crippen LogP contribution is -2.32. The van der Waals surface area contributed by atoms with Gasteiger partial charge in [-0.05, 0) is 17.7 Å². The highest BCUT2D eigenvalue weighted by atomic mass is 19.1. The predicted octanol–water partition coefficient (Wildman–Crippen LogP) is 1.72. The van der Waals surface area contributed by atoms with Crippen LogP contribution in [0.2, 0.25) is 0 Å². The Bertz CT molecular complexity index is 1040. The number of carboxylic acids is 1. The first-order chi connectivity index (χ1) is 16.5. The maximum Gasteiger partial charge on any atom is 0.300 e. The number of amidine groups is 1. The first-order valence-corrected chi connectivity index (χ1v) is 10.2. The van der Waals surface area contributed by atoms with E-state index < -0.39 is 46.6 Å². The van der Waals surface area contributed by atoms with E-state index in [1.807, 2.05) is 0 Å². The molecule has 0 saturated carbocycles. The van der Waals surface area contributed by atoms with E-state index in [2.05, 4.69) is 10.6 Å². The minimum absolute atomic E-state index is 0.0529. The van der Waals surface area contributed by atoms with E-state index in [0.29, 0.717) is 11.1 Å². The molecule has 0 spiro atoms. The van der Waals surface area contributed by atoms with Crippen LogP contribution in [0.1, 0.15) is 40.1 Å². The zero-order valence-corrected chi connectivity index (χ0v) is 19.5. The Morgan fingerprint density at radius 1 is 1.09 bits per heavy atom. The van der Waals surface area contributed by atoms with Crippen molar-refractivity contribution in [1.29, 1.82) is 5.41 Å². The van der Waals surface area contributed by atoms with E-state index >= 15 is 0 Å². The number of halogens is 2. The second-order valence-corrected chi connectivity index (χ2v) is 7.03. The van der Waals surface area contributed by atoms with Crippen LogP contribution < -0.4 is 16.4 Å². The number of nitrogen functional groups attached to an aromatic ring is 1. The Labute approximate surface area is 200 Å². The minimum Gasteiger partial charge on any atom is -0.481 e. The lowest BCUT2D eigenvalue weighted by molar-refractivity contribution is -0.134. The fraction of sp³-hybridized carbons (Fsp3) is 0.304. The minimum atomic E-state index is -1.61. The molecule has 2 aromatic carbocycles. The largest absolute Gasteiger partial charge is 0.481 e. The topological polar surface area (TPSA) is 164 Å². The number of methoxy groups -OCH3 is 2. The molecule has 2 amide bonds. The maximum absolute atomic E-state index is 14.9. The molecule has 0 heterocycles. The van der Waals surface area contributed by atoms with Crippen molar-refractivity contribution in [3.63, 3.8) is 0 Å². The summed E-state index contributed by atoms with van der Waals surface area (Å²) in [7, 11) is 2.58. The molecule has 10 nitrogen and oxygen atoms in total. The summed E-state index contributed by atoms with van der Waals surface area (Å²) in [6.07, 6.45) is -1.61. The van der Waals surface area contributed by atoms with E-state index in [1.165, 1.54) is 7.11 Å². The van der Waals surface area contributed by atoms with Gasteiger partial charge in [0.25, 0.3) is 17.8 Å². The molecule has 2 rings (SSSR count). The number of amides is 2. The van der Waals surface area contributed by atoms with Gasteiger partial charge in [-0.1, -0.05) is 24.3 Å². The van der Waals surface area contributed by atoms with Gasteiger partial charge >= 0.3 is 0 Å². The molecular weight excluding hydrogens is 466 g/mol. The molecule has 0 aromatic heterocycles. The summed E-state index contributed by atoms with van der Waals surface area (Å²) >= 11 is 0. The number of aliphatic carboxylic acids is 1. The highest BCUT2D eigenvalue weighted by molar-refractivity contribution is 5.95. The van der Waals surface area contributed by atoms with Crippen molar-refractivity contribution in [2.24, 2.45) is 5.73 Å². The molecule has 12 heteroatoms. The zero-order valence-electron chi connectivity index (χ0n) is 19.5. The number of hydrogen-bond acceptors (Lipinski definition) is 6. The van der Waals surface area contributed by atoms with Crippen molar-refractivity contribution in [3.8, 4) is 0 Å². The Morgan fingerprint density at radius 3 is 2.20 bits per heavy atom. The number of hydrogen-bond donors (Lipinski definition) is 5. The van der Waals surface area contributed by atoms with Gasteiger partial charge in [-0.2, -0.15) is 0 Å². The lowest BCUT2D eigenvalue weighted by Gasteiger charge is -2.18. The first kappa shape index (κ1) is 29.1. The Balaban J connectivity index is 0.00000142. The van der Waals surface area contributed by atoms with Crippen LogP contribution in [0.3, 0.4) is 0 Å². The monoisotopic (exact) mass is 494 g/mol. The quantitative estimate of drug-likeness (QED) is 0.191. The normalized spacial score (nSPS) is 11.0. The molecule has 0 aliphatic carbocycles. The van der Waals surface area contributed by atoms with Crippen molar-refractivity contribution in [1.82, 2.24) is 10.6 Å². The van der Waals surface area contributed by atoms with E-state index in [0.717, 1.165) is 26.2 Å². The van der Waals surface area contributed by atoms with Gasteiger partial charge in [0, 0.05) is 39.8 Å². The van der Waals surface area contributed by atoms with Crippen molar-refractivity contribution < 1.29 is 37.7 Å². The van der Waals surface area contributed by atoms with Crippen molar-refractivity contribution in [2.45, 2.75) is 19.6 Å². The van der Waals surface area contributed by atoms with Crippen LogP contribution >= 0.6 is 0 Å². The Kier molecular flexibility index (Phi) is 12.0. The van der Waals surface area contributed by atoms with Gasteiger partial charge in [0.05, 0.1) is 17.7 Å². The molecule has 0 saturated heterocycles. The molecule has 0 aliphatic rings. The molecule has 35 heavy (non-hydrogen) atoms. The average Bonchev–Trinajstić information content (AvgIpc) is 2.80. The van der Waals surface area contributed by atoms with Crippen LogP contribution in [-0.2, 0) is 25.6 Å². The van der Waals surface area contributed by atoms with Crippen molar-refractivity contribution in [2.75, 3.05) is 27.4 Å². The predicted molar refractivity (Wildman–Crippen MR) is 123 cm³/mol. The summed E-state index contributed by atoms with van der Waals surface area (Å²) in [5, 5.41) is 19.8. The lowest BCUT2D eigenvalue weighted by atomic mass is 10.0. The van der Waals surface area contributed by atoms with E-state index in [9.17, 15) is 18.4 Å². The number of rotatable bonds is 10. The summed E-state index contributed by atoms with van der Waals surface area (Å²) in [5.41, 5.74) is 5.52. The van der Waals surface area contributed by atoms with E-state index in [4.69, 9.17) is 30.5 Å². The number of nitrogens with two attached hydrogens (primary N) is 1. The highest BCUT2D eigenvalue weighted by Crippen LogP contribution is 2.26. The van der Waals surface area contributed by atoms with Crippen LogP contribution in [0.25, 0.3) is 0 Å². The van der Waals surface area contributed by atoms with Gasteiger partial charge < -0.3 is 30.9 Å². The summed E-state index contributed by atoms with van der Waals surface area (Å²) in [6, 6.07) is 8.45. The van der Waals surface area contributed by atoms with Crippen LogP contribution in [0.15, 0.2) is 36.4 Å². The molecule has 0 aliphatic heterocycles. The van der Waals surface area contributed by atoms with Crippen LogP contribution in [0.4, 0.5) is 8.78 Å². The molecule has 1 atom stereocenters. The third kappa shape index (κ3) is 9.10. The van der Waals surface area contributed by atoms with Gasteiger partial charge in [-0.25, -0.2) is 8.78 Å². The first-order valence-electron chi connectivity index (χ1n) is 10.2. The fourth-order valence-corrected chi connectivity index (χ4v) is 2.79. The zero-order chi connectivity index (χ0) is 26.5. The summed E-state index contributed by atoms with van der Waals surface area (Å²) in [6.45, 7) is 1.49. The van der Waals surface area contributed by atoms with Gasteiger partial charge in [0.15, 0.2) is 6.10 Å². The summed E-state index contributed by atoms with van der Waals surface area (Å²) < 4.78 is 39.2. The number of carbonyl (C=O) groups excluding carboxylic acids is 2. The van der Waals surface area contributed by atoms with Crippen molar-refractivity contribution in [3.05, 3.63) is 70.3 Å². The molecule has 2 aromatic rings. The molecule has 6 N–H and O–H groups in total. The number of benzene rings is 2. The number of carbonyl (C=O) groups is 3. The van der Waals surface area contributed by atoms with Gasteiger partial charge in [0.1, 0.15) is 17.5 Å². The van der Waals surface area contributed by atoms with E-state index in [1.54, 1.807) is 24.3 Å². The molecular formula is C23H28F2N4O6. The third-order valence-corrected chi connectivity index (χ3v) is 4.43. The Hall–Kier alpha value is -3.90. The van der Waals surface area contributed by atoms with Gasteiger partial charge in [-0.15, -0.1) is 0 Å². The highest BCUT2D eigenvalue weighted by Gasteiger charge is 2.30. The van der Waals surface area contributed by atoms with E-state index in [-0.39, 0.29) is 25.5 Å². The number of carboxylic acid groups (broad SMARTS) is 1. The fourth-order valence-electron chi connectivity index (χ4n) is 2.79. The molecule has 190 valence electrons. The molecule has 0 fully saturated rings. The number of nitrogens with one attached hydrogen (secondary N) is 3. The second kappa shape index (κ2) is 14.4. The standard InChI is InChI=1S/C21H24F2N4O4.C2H4O2/c1-30-10-9-26-20(28)14-7-8-15(22)16(17(14)23)18(31-2)21(29)27-11-12-3-5-13(6-4-12)19(24)25;1-2(3)4/h3-8,18H,9-11H2,1-2H3,(H3,24,25)(H,26,28)(H,27,29);1H3,(H,3,4). The summed E-state index contributed by atoms with van der Waals surface area (Å²) in [4.78, 5) is 33.8. The van der Waals surface area contributed by atoms with Crippen LogP contribution in [-0.4, -0.2) is 56.1 Å². The van der Waals surface area contributed by atoms with Crippen molar-refractivity contribution >= 4 is 23.6 Å². The van der Waals surface area contributed by atoms with Gasteiger partial charge in [0.2, 0.25) is 0 Å². The molecule has 1 unspecified atom stereocenters.